The maximum atomic E-state index is 9.40. The number of hydrogen-bond acceptors (Lipinski definition) is 3. The number of allylic oxidation sites excluding steroid dienone is 4. The van der Waals surface area contributed by atoms with Crippen LogP contribution in [0.15, 0.2) is 24.3 Å². The van der Waals surface area contributed by atoms with Crippen LogP contribution in [-0.2, 0) is 9.47 Å². The molecule has 0 radical (unpaired) electrons. The summed E-state index contributed by atoms with van der Waals surface area (Å²) in [6.07, 6.45) is 16.5. The van der Waals surface area contributed by atoms with Gasteiger partial charge in [-0.3, -0.25) is 0 Å². The number of aliphatic hydroxyl groups excluding tert-OH is 1. The van der Waals surface area contributed by atoms with Gasteiger partial charge in [-0.15, -0.1) is 0 Å². The van der Waals surface area contributed by atoms with Crippen LogP contribution in [0.1, 0.15) is 51.9 Å². The molecule has 19 heavy (non-hydrogen) atoms. The zero-order chi connectivity index (χ0) is 13.5. The van der Waals surface area contributed by atoms with Crippen molar-refractivity contribution in [2.24, 2.45) is 0 Å². The van der Waals surface area contributed by atoms with Crippen molar-refractivity contribution in [1.29, 1.82) is 0 Å². The number of rotatable bonds is 9. The lowest BCUT2D eigenvalue weighted by Crippen LogP contribution is -2.18. The minimum absolute atomic E-state index is 0.0416. The number of fused-ring (bicyclic) bond motifs is 1. The Balaban J connectivity index is 1.46. The lowest BCUT2D eigenvalue weighted by atomic mass is 10.1. The van der Waals surface area contributed by atoms with E-state index in [1.807, 2.05) is 0 Å². The first-order chi connectivity index (χ1) is 9.33. The van der Waals surface area contributed by atoms with Crippen molar-refractivity contribution in [3.8, 4) is 0 Å². The molecule has 0 saturated carbocycles. The molecular formula is C16H26O3. The van der Waals surface area contributed by atoms with Crippen molar-refractivity contribution in [3.05, 3.63) is 24.3 Å². The summed E-state index contributed by atoms with van der Waals surface area (Å²) in [6.45, 7) is 2.23. The van der Waals surface area contributed by atoms with Crippen LogP contribution in [0.5, 0.6) is 0 Å². The van der Waals surface area contributed by atoms with Gasteiger partial charge in [0.25, 0.3) is 0 Å². The molecule has 2 aliphatic heterocycles. The standard InChI is InChI=1S/C16H26O3/c1-2-3-4-5-6-7-8-9-10-11-12-13-14-15(19-14)16(17)18-13/h6-7,9-10,13-17H,2-5,8,11-12H2,1H3/b7-6+,10-9+/t13-,14-,15-,16?/m1/s1. The van der Waals surface area contributed by atoms with E-state index in [0.29, 0.717) is 0 Å². The topological polar surface area (TPSA) is 42.0 Å². The van der Waals surface area contributed by atoms with Crippen LogP contribution in [0, 0.1) is 0 Å². The van der Waals surface area contributed by atoms with Gasteiger partial charge >= 0.3 is 0 Å². The molecule has 2 fully saturated rings. The average Bonchev–Trinajstić information content (AvgIpc) is 3.14. The molecule has 0 aliphatic carbocycles. The number of unbranched alkanes of at least 4 members (excludes halogenated alkanes) is 3. The van der Waals surface area contributed by atoms with Crippen LogP contribution < -0.4 is 0 Å². The molecule has 0 aromatic rings. The highest BCUT2D eigenvalue weighted by Crippen LogP contribution is 2.39. The quantitative estimate of drug-likeness (QED) is 0.395. The summed E-state index contributed by atoms with van der Waals surface area (Å²) in [6, 6.07) is 0. The Morgan fingerprint density at radius 2 is 1.74 bits per heavy atom. The highest BCUT2D eigenvalue weighted by Gasteiger charge is 2.57. The van der Waals surface area contributed by atoms with Gasteiger partial charge in [-0.05, 0) is 32.1 Å². The largest absolute Gasteiger partial charge is 0.366 e. The average molecular weight is 266 g/mol. The summed E-state index contributed by atoms with van der Waals surface area (Å²) >= 11 is 0. The van der Waals surface area contributed by atoms with Gasteiger partial charge in [-0.2, -0.15) is 0 Å². The van der Waals surface area contributed by atoms with Crippen LogP contribution in [0.2, 0.25) is 0 Å². The first kappa shape index (κ1) is 14.8. The third kappa shape index (κ3) is 4.75. The number of hydrogen-bond donors (Lipinski definition) is 1. The fraction of sp³-hybridized carbons (Fsp3) is 0.750. The predicted molar refractivity (Wildman–Crippen MR) is 75.8 cm³/mol. The van der Waals surface area contributed by atoms with Gasteiger partial charge in [0.05, 0.1) is 6.10 Å². The van der Waals surface area contributed by atoms with Gasteiger partial charge in [-0.25, -0.2) is 0 Å². The number of epoxide rings is 1. The molecule has 2 rings (SSSR count). The Bertz CT molecular complexity index is 311. The number of ether oxygens (including phenoxy) is 2. The molecule has 108 valence electrons. The molecule has 3 nitrogen and oxygen atoms in total. The van der Waals surface area contributed by atoms with Gasteiger partial charge < -0.3 is 14.6 Å². The van der Waals surface area contributed by atoms with Crippen LogP contribution in [0.25, 0.3) is 0 Å². The summed E-state index contributed by atoms with van der Waals surface area (Å²) in [5.74, 6) is 0. The Hall–Kier alpha value is -0.640. The van der Waals surface area contributed by atoms with Crippen LogP contribution in [-0.4, -0.2) is 29.7 Å². The Kier molecular flexibility index (Phi) is 6.08. The second kappa shape index (κ2) is 7.83. The summed E-state index contributed by atoms with van der Waals surface area (Å²) in [7, 11) is 0. The molecule has 2 heterocycles. The third-order valence-electron chi connectivity index (χ3n) is 3.72. The molecule has 2 aliphatic rings. The highest BCUT2D eigenvalue weighted by molar-refractivity contribution is 5.00. The Labute approximate surface area is 116 Å². The fourth-order valence-electron chi connectivity index (χ4n) is 2.51. The van der Waals surface area contributed by atoms with E-state index in [2.05, 4.69) is 31.2 Å². The van der Waals surface area contributed by atoms with Crippen molar-refractivity contribution in [1.82, 2.24) is 0 Å². The van der Waals surface area contributed by atoms with E-state index in [1.165, 1.54) is 25.7 Å². The molecule has 0 amide bonds. The van der Waals surface area contributed by atoms with Crippen LogP contribution in [0.3, 0.4) is 0 Å². The SMILES string of the molecule is CCCCC/C=C/C/C=C/CC[C@H]1OC(O)[C@@H]2O[C@H]12. The summed E-state index contributed by atoms with van der Waals surface area (Å²) in [4.78, 5) is 0. The van der Waals surface area contributed by atoms with Gasteiger partial charge in [0.15, 0.2) is 6.29 Å². The second-order valence-electron chi connectivity index (χ2n) is 5.38. The van der Waals surface area contributed by atoms with E-state index in [0.717, 1.165) is 19.3 Å². The zero-order valence-electron chi connectivity index (χ0n) is 11.8. The fourth-order valence-corrected chi connectivity index (χ4v) is 2.51. The molecule has 0 aromatic heterocycles. The minimum atomic E-state index is -0.690. The van der Waals surface area contributed by atoms with Gasteiger partial charge in [0, 0.05) is 0 Å². The molecule has 3 heteroatoms. The van der Waals surface area contributed by atoms with E-state index < -0.39 is 6.29 Å². The van der Waals surface area contributed by atoms with Crippen molar-refractivity contribution in [2.75, 3.05) is 0 Å². The highest BCUT2D eigenvalue weighted by atomic mass is 16.7. The third-order valence-corrected chi connectivity index (χ3v) is 3.72. The second-order valence-corrected chi connectivity index (χ2v) is 5.38. The first-order valence-electron chi connectivity index (χ1n) is 7.62. The molecule has 1 N–H and O–H groups in total. The van der Waals surface area contributed by atoms with E-state index in [9.17, 15) is 5.11 Å². The van der Waals surface area contributed by atoms with Gasteiger partial charge in [-0.1, -0.05) is 44.1 Å². The van der Waals surface area contributed by atoms with Crippen molar-refractivity contribution >= 4 is 0 Å². The van der Waals surface area contributed by atoms with Crippen molar-refractivity contribution in [2.45, 2.75) is 76.5 Å². The van der Waals surface area contributed by atoms with E-state index in [1.54, 1.807) is 0 Å². The normalized spacial score (nSPS) is 33.4. The maximum Gasteiger partial charge on any atom is 0.184 e. The molecule has 4 atom stereocenters. The van der Waals surface area contributed by atoms with Crippen LogP contribution in [0.4, 0.5) is 0 Å². The van der Waals surface area contributed by atoms with Crippen LogP contribution >= 0.6 is 0 Å². The lowest BCUT2D eigenvalue weighted by molar-refractivity contribution is -0.141. The van der Waals surface area contributed by atoms with E-state index in [4.69, 9.17) is 9.47 Å². The van der Waals surface area contributed by atoms with Crippen molar-refractivity contribution < 1.29 is 14.6 Å². The first-order valence-corrected chi connectivity index (χ1v) is 7.62. The van der Waals surface area contributed by atoms with Crippen molar-refractivity contribution in [3.63, 3.8) is 0 Å². The zero-order valence-corrected chi connectivity index (χ0v) is 11.8. The smallest absolute Gasteiger partial charge is 0.184 e. The molecule has 1 unspecified atom stereocenters. The lowest BCUT2D eigenvalue weighted by Gasteiger charge is -2.12. The summed E-state index contributed by atoms with van der Waals surface area (Å²) < 4.78 is 10.7. The predicted octanol–water partition coefficient (Wildman–Crippen LogP) is 3.33. The Morgan fingerprint density at radius 3 is 2.37 bits per heavy atom. The Morgan fingerprint density at radius 1 is 0.947 bits per heavy atom. The summed E-state index contributed by atoms with van der Waals surface area (Å²) in [5, 5.41) is 9.40. The molecule has 0 spiro atoms. The molecule has 2 saturated heterocycles. The molecule has 0 bridgehead atoms. The van der Waals surface area contributed by atoms with E-state index in [-0.39, 0.29) is 18.3 Å². The monoisotopic (exact) mass is 266 g/mol. The van der Waals surface area contributed by atoms with Gasteiger partial charge in [0.2, 0.25) is 0 Å². The summed E-state index contributed by atoms with van der Waals surface area (Å²) in [5.41, 5.74) is 0. The molecule has 0 aromatic carbocycles. The maximum absolute atomic E-state index is 9.40. The number of aliphatic hydroxyl groups is 1. The minimum Gasteiger partial charge on any atom is -0.366 e. The molecular weight excluding hydrogens is 240 g/mol. The van der Waals surface area contributed by atoms with E-state index >= 15 is 0 Å². The van der Waals surface area contributed by atoms with Gasteiger partial charge in [0.1, 0.15) is 12.2 Å².